The fourth-order valence-corrected chi connectivity index (χ4v) is 1.19. The Morgan fingerprint density at radius 2 is 2.00 bits per heavy atom. The number of aromatic carboxylic acids is 1. The summed E-state index contributed by atoms with van der Waals surface area (Å²) in [5, 5.41) is 9.58. The summed E-state index contributed by atoms with van der Waals surface area (Å²) in [7, 11) is 0. The number of rotatable bonds is 1. The first-order chi connectivity index (χ1) is 5.77. The van der Waals surface area contributed by atoms with E-state index in [1.54, 1.807) is 6.07 Å². The molecule has 1 aromatic carbocycles. The van der Waals surface area contributed by atoms with Gasteiger partial charge in [0.2, 0.25) is 0 Å². The highest BCUT2D eigenvalue weighted by atomic mass is 35.5. The summed E-state index contributed by atoms with van der Waals surface area (Å²) in [6.07, 6.45) is 0. The van der Waals surface area contributed by atoms with Gasteiger partial charge < -0.3 is 10.1 Å². The SMILES string of the molecule is Cl.O=C(O)c1cc2ccccc2[nH]1. The van der Waals surface area contributed by atoms with Crippen LogP contribution in [0.2, 0.25) is 0 Å². The molecular weight excluding hydrogens is 190 g/mol. The average Bonchev–Trinajstić information content (AvgIpc) is 2.46. The van der Waals surface area contributed by atoms with Crippen molar-refractivity contribution < 1.29 is 9.90 Å². The van der Waals surface area contributed by atoms with Crippen LogP contribution in [0.3, 0.4) is 0 Å². The molecule has 1 heterocycles. The van der Waals surface area contributed by atoms with Crippen LogP contribution in [-0.4, -0.2) is 16.1 Å². The highest BCUT2D eigenvalue weighted by Gasteiger charge is 2.05. The normalized spacial score (nSPS) is 9.54. The van der Waals surface area contributed by atoms with Crippen molar-refractivity contribution in [2.75, 3.05) is 0 Å². The first-order valence-corrected chi connectivity index (χ1v) is 3.58. The molecule has 13 heavy (non-hydrogen) atoms. The third kappa shape index (κ3) is 1.65. The van der Waals surface area contributed by atoms with Gasteiger partial charge in [0.15, 0.2) is 0 Å². The number of carboxylic acids is 1. The monoisotopic (exact) mass is 197 g/mol. The van der Waals surface area contributed by atoms with Crippen LogP contribution in [0.1, 0.15) is 10.5 Å². The number of benzene rings is 1. The number of para-hydroxylation sites is 1. The Morgan fingerprint density at radius 1 is 1.31 bits per heavy atom. The number of halogens is 1. The summed E-state index contributed by atoms with van der Waals surface area (Å²) in [6, 6.07) is 9.09. The number of carboxylic acid groups (broad SMARTS) is 1. The molecule has 0 bridgehead atoms. The van der Waals surface area contributed by atoms with Crippen LogP contribution in [0.4, 0.5) is 0 Å². The molecule has 1 aromatic heterocycles. The molecule has 0 fully saturated rings. The molecule has 2 rings (SSSR count). The molecule has 0 saturated carbocycles. The molecule has 0 aliphatic heterocycles. The van der Waals surface area contributed by atoms with Gasteiger partial charge in [-0.05, 0) is 12.1 Å². The molecule has 2 N–H and O–H groups in total. The Morgan fingerprint density at radius 3 is 2.62 bits per heavy atom. The van der Waals surface area contributed by atoms with Gasteiger partial charge >= 0.3 is 5.97 Å². The molecule has 0 spiro atoms. The first kappa shape index (κ1) is 9.61. The van der Waals surface area contributed by atoms with Crippen molar-refractivity contribution in [3.8, 4) is 0 Å². The second kappa shape index (κ2) is 3.49. The van der Waals surface area contributed by atoms with E-state index in [1.165, 1.54) is 0 Å². The predicted octanol–water partition coefficient (Wildman–Crippen LogP) is 2.29. The fraction of sp³-hybridized carbons (Fsp3) is 0. The molecule has 0 unspecified atom stereocenters. The molecule has 3 nitrogen and oxygen atoms in total. The molecule has 0 radical (unpaired) electrons. The molecule has 0 aliphatic carbocycles. The maximum Gasteiger partial charge on any atom is 0.352 e. The molecule has 0 amide bonds. The zero-order valence-corrected chi connectivity index (χ0v) is 7.47. The van der Waals surface area contributed by atoms with Gasteiger partial charge in [-0.15, -0.1) is 12.4 Å². The van der Waals surface area contributed by atoms with Crippen molar-refractivity contribution in [3.63, 3.8) is 0 Å². The van der Waals surface area contributed by atoms with Crippen molar-refractivity contribution in [2.45, 2.75) is 0 Å². The van der Waals surface area contributed by atoms with Crippen LogP contribution < -0.4 is 0 Å². The van der Waals surface area contributed by atoms with E-state index in [1.807, 2.05) is 24.3 Å². The van der Waals surface area contributed by atoms with Crippen LogP contribution >= 0.6 is 12.4 Å². The van der Waals surface area contributed by atoms with Gasteiger partial charge in [-0.2, -0.15) is 0 Å². The van der Waals surface area contributed by atoms with E-state index in [9.17, 15) is 4.79 Å². The zero-order chi connectivity index (χ0) is 8.55. The van der Waals surface area contributed by atoms with Crippen LogP contribution in [0.15, 0.2) is 30.3 Å². The lowest BCUT2D eigenvalue weighted by Gasteiger charge is -1.84. The smallest absolute Gasteiger partial charge is 0.352 e. The Hall–Kier alpha value is -1.48. The van der Waals surface area contributed by atoms with Crippen molar-refractivity contribution in [1.29, 1.82) is 0 Å². The summed E-state index contributed by atoms with van der Waals surface area (Å²) >= 11 is 0. The van der Waals surface area contributed by atoms with E-state index in [4.69, 9.17) is 5.11 Å². The number of nitrogens with one attached hydrogen (secondary N) is 1. The first-order valence-electron chi connectivity index (χ1n) is 3.58. The topological polar surface area (TPSA) is 53.1 Å². The minimum atomic E-state index is -0.925. The molecule has 0 atom stereocenters. The van der Waals surface area contributed by atoms with E-state index < -0.39 is 5.97 Å². The zero-order valence-electron chi connectivity index (χ0n) is 6.65. The molecule has 2 aromatic rings. The minimum Gasteiger partial charge on any atom is -0.477 e. The molecule has 68 valence electrons. The molecule has 0 aliphatic rings. The number of H-pyrrole nitrogens is 1. The van der Waals surface area contributed by atoms with Gasteiger partial charge in [0.25, 0.3) is 0 Å². The second-order valence-electron chi connectivity index (χ2n) is 2.58. The summed E-state index contributed by atoms with van der Waals surface area (Å²) < 4.78 is 0. The summed E-state index contributed by atoms with van der Waals surface area (Å²) in [5.74, 6) is -0.925. The number of aromatic amines is 1. The fourth-order valence-electron chi connectivity index (χ4n) is 1.19. The van der Waals surface area contributed by atoms with Gasteiger partial charge in [0.05, 0.1) is 0 Å². The number of hydrogen-bond acceptors (Lipinski definition) is 1. The van der Waals surface area contributed by atoms with Crippen LogP contribution in [0.5, 0.6) is 0 Å². The Labute approximate surface area is 80.8 Å². The van der Waals surface area contributed by atoms with Crippen LogP contribution in [0, 0.1) is 0 Å². The summed E-state index contributed by atoms with van der Waals surface area (Å²) in [5.41, 5.74) is 1.09. The largest absolute Gasteiger partial charge is 0.477 e. The molecule has 4 heteroatoms. The van der Waals surface area contributed by atoms with Gasteiger partial charge in [-0.25, -0.2) is 4.79 Å². The van der Waals surface area contributed by atoms with Gasteiger partial charge in [0.1, 0.15) is 5.69 Å². The third-order valence-corrected chi connectivity index (χ3v) is 1.76. The van der Waals surface area contributed by atoms with E-state index in [2.05, 4.69) is 4.98 Å². The lowest BCUT2D eigenvalue weighted by molar-refractivity contribution is 0.0691. The maximum atomic E-state index is 10.5. The lowest BCUT2D eigenvalue weighted by Crippen LogP contribution is -1.94. The van der Waals surface area contributed by atoms with E-state index in [0.29, 0.717) is 0 Å². The number of aromatic nitrogens is 1. The number of hydrogen-bond donors (Lipinski definition) is 2. The van der Waals surface area contributed by atoms with Gasteiger partial charge in [-0.1, -0.05) is 18.2 Å². The van der Waals surface area contributed by atoms with E-state index in [-0.39, 0.29) is 18.1 Å². The Bertz CT molecular complexity index is 403. The highest BCUT2D eigenvalue weighted by molar-refractivity contribution is 5.93. The molecule has 0 saturated heterocycles. The third-order valence-electron chi connectivity index (χ3n) is 1.76. The van der Waals surface area contributed by atoms with E-state index in [0.717, 1.165) is 10.9 Å². The number of fused-ring (bicyclic) bond motifs is 1. The van der Waals surface area contributed by atoms with Crippen molar-refractivity contribution in [3.05, 3.63) is 36.0 Å². The standard InChI is InChI=1S/C9H7NO2.ClH/c11-9(12)8-5-6-3-1-2-4-7(6)10-8;/h1-5,10H,(H,11,12);1H. The second-order valence-corrected chi connectivity index (χ2v) is 2.58. The van der Waals surface area contributed by atoms with Crippen LogP contribution in [0.25, 0.3) is 10.9 Å². The minimum absolute atomic E-state index is 0. The summed E-state index contributed by atoms with van der Waals surface area (Å²) in [4.78, 5) is 13.3. The number of carbonyl (C=O) groups is 1. The summed E-state index contributed by atoms with van der Waals surface area (Å²) in [6.45, 7) is 0. The quantitative estimate of drug-likeness (QED) is 0.737. The van der Waals surface area contributed by atoms with Crippen molar-refractivity contribution in [2.24, 2.45) is 0 Å². The van der Waals surface area contributed by atoms with Crippen molar-refractivity contribution in [1.82, 2.24) is 4.98 Å². The van der Waals surface area contributed by atoms with Crippen molar-refractivity contribution >= 4 is 29.3 Å². The predicted molar refractivity (Wildman–Crippen MR) is 52.5 cm³/mol. The average molecular weight is 198 g/mol. The highest BCUT2D eigenvalue weighted by Crippen LogP contribution is 2.13. The lowest BCUT2D eigenvalue weighted by atomic mass is 10.2. The van der Waals surface area contributed by atoms with Gasteiger partial charge in [-0.3, -0.25) is 0 Å². The van der Waals surface area contributed by atoms with E-state index >= 15 is 0 Å². The van der Waals surface area contributed by atoms with Crippen LogP contribution in [-0.2, 0) is 0 Å². The Kier molecular flexibility index (Phi) is 2.58. The molecular formula is C9H8ClNO2. The Balaban J connectivity index is 0.000000845. The maximum absolute atomic E-state index is 10.5. The van der Waals surface area contributed by atoms with Gasteiger partial charge in [0, 0.05) is 10.9 Å².